The van der Waals surface area contributed by atoms with Crippen LogP contribution in [0.1, 0.15) is 42.6 Å². The fourth-order valence-corrected chi connectivity index (χ4v) is 3.68. The summed E-state index contributed by atoms with van der Waals surface area (Å²) in [6.07, 6.45) is 3.27. The Labute approximate surface area is 121 Å². The molecule has 102 valence electrons. The molecule has 0 amide bonds. The Hall–Kier alpha value is -0.940. The van der Waals surface area contributed by atoms with Crippen LogP contribution in [0, 0.1) is 6.92 Å². The molecular formula is C14H19BrN4. The summed E-state index contributed by atoms with van der Waals surface area (Å²) in [5.74, 6) is 1.49. The van der Waals surface area contributed by atoms with Crippen LogP contribution in [0.5, 0.6) is 0 Å². The van der Waals surface area contributed by atoms with Gasteiger partial charge in [0.1, 0.15) is 4.60 Å². The highest BCUT2D eigenvalue weighted by Gasteiger charge is 2.21. The molecule has 1 N–H and O–H groups in total. The molecule has 0 aliphatic carbocycles. The smallest absolute Gasteiger partial charge is 0.157 e. The molecule has 19 heavy (non-hydrogen) atoms. The summed E-state index contributed by atoms with van der Waals surface area (Å²) in [7, 11) is 0. The lowest BCUT2D eigenvalue weighted by Gasteiger charge is -2.19. The molecule has 0 saturated carbocycles. The molecule has 3 heterocycles. The van der Waals surface area contributed by atoms with Crippen molar-refractivity contribution in [3.8, 4) is 0 Å². The van der Waals surface area contributed by atoms with Crippen molar-refractivity contribution >= 4 is 21.6 Å². The van der Waals surface area contributed by atoms with Gasteiger partial charge in [0.15, 0.2) is 11.5 Å². The van der Waals surface area contributed by atoms with E-state index in [9.17, 15) is 0 Å². The quantitative estimate of drug-likeness (QED) is 0.864. The molecular weight excluding hydrogens is 304 g/mol. The highest BCUT2D eigenvalue weighted by molar-refractivity contribution is 9.10. The van der Waals surface area contributed by atoms with Gasteiger partial charge in [-0.1, -0.05) is 6.92 Å². The van der Waals surface area contributed by atoms with E-state index in [2.05, 4.69) is 41.2 Å². The van der Waals surface area contributed by atoms with Crippen LogP contribution in [0.2, 0.25) is 0 Å². The molecule has 2 aromatic heterocycles. The minimum absolute atomic E-state index is 0.499. The van der Waals surface area contributed by atoms with E-state index < -0.39 is 0 Å². The Bertz CT molecular complexity index is 599. The van der Waals surface area contributed by atoms with E-state index in [1.54, 1.807) is 0 Å². The number of rotatable bonds is 2. The van der Waals surface area contributed by atoms with Crippen molar-refractivity contribution in [1.29, 1.82) is 0 Å². The van der Waals surface area contributed by atoms with Crippen molar-refractivity contribution in [3.63, 3.8) is 0 Å². The zero-order valence-corrected chi connectivity index (χ0v) is 13.0. The molecule has 1 aliphatic heterocycles. The number of aryl methyl sites for hydroxylation is 1. The molecule has 3 rings (SSSR count). The topological polar surface area (TPSA) is 42.2 Å². The Balaban J connectivity index is 2.07. The van der Waals surface area contributed by atoms with Crippen molar-refractivity contribution < 1.29 is 0 Å². The predicted molar refractivity (Wildman–Crippen MR) is 79.6 cm³/mol. The summed E-state index contributed by atoms with van der Waals surface area (Å²) >= 11 is 3.68. The van der Waals surface area contributed by atoms with Gasteiger partial charge in [0.05, 0.1) is 0 Å². The van der Waals surface area contributed by atoms with E-state index in [4.69, 9.17) is 10.1 Å². The fraction of sp³-hybridized carbons (Fsp3) is 0.571. The number of fused-ring (bicyclic) bond motifs is 1. The maximum Gasteiger partial charge on any atom is 0.157 e. The first-order chi connectivity index (χ1) is 9.20. The van der Waals surface area contributed by atoms with Crippen LogP contribution >= 0.6 is 15.9 Å². The molecule has 0 atom stereocenters. The van der Waals surface area contributed by atoms with Gasteiger partial charge in [-0.25, -0.2) is 9.50 Å². The molecule has 5 heteroatoms. The molecule has 1 aliphatic rings. The third-order valence-electron chi connectivity index (χ3n) is 3.96. The van der Waals surface area contributed by atoms with E-state index in [1.165, 1.54) is 11.1 Å². The maximum atomic E-state index is 4.73. The molecule has 2 aromatic rings. The highest BCUT2D eigenvalue weighted by atomic mass is 79.9. The van der Waals surface area contributed by atoms with Crippen molar-refractivity contribution in [1.82, 2.24) is 19.9 Å². The number of piperidine rings is 1. The zero-order valence-electron chi connectivity index (χ0n) is 11.4. The second kappa shape index (κ2) is 5.21. The van der Waals surface area contributed by atoms with Crippen LogP contribution in [0.4, 0.5) is 0 Å². The Morgan fingerprint density at radius 3 is 2.84 bits per heavy atom. The van der Waals surface area contributed by atoms with E-state index in [0.717, 1.165) is 48.4 Å². The molecule has 0 radical (unpaired) electrons. The summed E-state index contributed by atoms with van der Waals surface area (Å²) < 4.78 is 3.00. The minimum Gasteiger partial charge on any atom is -0.317 e. The van der Waals surface area contributed by atoms with Crippen molar-refractivity contribution in [2.75, 3.05) is 13.1 Å². The van der Waals surface area contributed by atoms with Gasteiger partial charge in [-0.05, 0) is 72.4 Å². The number of halogens is 1. The average molecular weight is 323 g/mol. The summed E-state index contributed by atoms with van der Waals surface area (Å²) in [6.45, 7) is 6.45. The third kappa shape index (κ3) is 2.30. The minimum atomic E-state index is 0.499. The number of pyridine rings is 1. The largest absolute Gasteiger partial charge is 0.317 e. The van der Waals surface area contributed by atoms with Crippen LogP contribution in [0.3, 0.4) is 0 Å². The number of nitrogens with zero attached hydrogens (tertiary/aromatic N) is 3. The van der Waals surface area contributed by atoms with Crippen LogP contribution in [0.25, 0.3) is 5.65 Å². The lowest BCUT2D eigenvalue weighted by atomic mass is 9.98. The average Bonchev–Trinajstić information content (AvgIpc) is 2.84. The van der Waals surface area contributed by atoms with Crippen LogP contribution in [-0.2, 0) is 6.42 Å². The summed E-state index contributed by atoms with van der Waals surface area (Å²) in [5.41, 5.74) is 3.55. The van der Waals surface area contributed by atoms with Gasteiger partial charge in [-0.15, -0.1) is 5.10 Å². The Morgan fingerprint density at radius 2 is 2.16 bits per heavy atom. The molecule has 0 unspecified atom stereocenters. The predicted octanol–water partition coefficient (Wildman–Crippen LogP) is 2.83. The first kappa shape index (κ1) is 13.1. The Morgan fingerprint density at radius 1 is 1.42 bits per heavy atom. The van der Waals surface area contributed by atoms with Gasteiger partial charge in [-0.3, -0.25) is 0 Å². The van der Waals surface area contributed by atoms with Gasteiger partial charge in [-0.2, -0.15) is 0 Å². The van der Waals surface area contributed by atoms with Crippen molar-refractivity contribution in [2.24, 2.45) is 0 Å². The van der Waals surface area contributed by atoms with E-state index in [0.29, 0.717) is 5.92 Å². The molecule has 1 saturated heterocycles. The second-order valence-electron chi connectivity index (χ2n) is 5.21. The van der Waals surface area contributed by atoms with Gasteiger partial charge in [0.2, 0.25) is 0 Å². The highest BCUT2D eigenvalue weighted by Crippen LogP contribution is 2.27. The standard InChI is InChI=1S/C14H19BrN4/c1-3-11-9(2)8-12-17-14(18-19(12)13(11)15)10-4-6-16-7-5-10/h8,10,16H,3-7H2,1-2H3. The van der Waals surface area contributed by atoms with E-state index >= 15 is 0 Å². The van der Waals surface area contributed by atoms with Gasteiger partial charge in [0.25, 0.3) is 0 Å². The van der Waals surface area contributed by atoms with Crippen LogP contribution in [-0.4, -0.2) is 27.7 Å². The van der Waals surface area contributed by atoms with Gasteiger partial charge >= 0.3 is 0 Å². The molecule has 0 aromatic carbocycles. The van der Waals surface area contributed by atoms with E-state index in [-0.39, 0.29) is 0 Å². The van der Waals surface area contributed by atoms with Gasteiger partial charge in [0, 0.05) is 5.92 Å². The first-order valence-corrected chi connectivity index (χ1v) is 7.75. The molecule has 1 fully saturated rings. The van der Waals surface area contributed by atoms with Crippen molar-refractivity contribution in [2.45, 2.75) is 39.0 Å². The molecule has 0 bridgehead atoms. The van der Waals surface area contributed by atoms with Gasteiger partial charge < -0.3 is 5.32 Å². The zero-order chi connectivity index (χ0) is 13.4. The normalized spacial score (nSPS) is 17.2. The van der Waals surface area contributed by atoms with E-state index in [1.807, 2.05) is 4.52 Å². The number of aromatic nitrogens is 3. The third-order valence-corrected chi connectivity index (χ3v) is 4.78. The maximum absolute atomic E-state index is 4.73. The van der Waals surface area contributed by atoms with Crippen LogP contribution in [0.15, 0.2) is 10.7 Å². The number of nitrogens with one attached hydrogen (secondary N) is 1. The lowest BCUT2D eigenvalue weighted by molar-refractivity contribution is 0.445. The number of hydrogen-bond acceptors (Lipinski definition) is 3. The monoisotopic (exact) mass is 322 g/mol. The number of hydrogen-bond donors (Lipinski definition) is 1. The Kier molecular flexibility index (Phi) is 3.58. The lowest BCUT2D eigenvalue weighted by Crippen LogP contribution is -2.27. The molecule has 4 nitrogen and oxygen atoms in total. The van der Waals surface area contributed by atoms with Crippen LogP contribution < -0.4 is 5.32 Å². The first-order valence-electron chi connectivity index (χ1n) is 6.96. The summed E-state index contributed by atoms with van der Waals surface area (Å²) in [6, 6.07) is 2.14. The summed E-state index contributed by atoms with van der Waals surface area (Å²) in [4.78, 5) is 4.73. The second-order valence-corrected chi connectivity index (χ2v) is 5.97. The summed E-state index contributed by atoms with van der Waals surface area (Å²) in [5, 5.41) is 8.10. The molecule has 0 spiro atoms. The van der Waals surface area contributed by atoms with Crippen molar-refractivity contribution in [3.05, 3.63) is 27.6 Å². The fourth-order valence-electron chi connectivity index (χ4n) is 2.83. The SMILES string of the molecule is CCc1c(C)cc2nc(C3CCNCC3)nn2c1Br.